The van der Waals surface area contributed by atoms with E-state index in [0.29, 0.717) is 5.56 Å². The van der Waals surface area contributed by atoms with Gasteiger partial charge >= 0.3 is 0 Å². The monoisotopic (exact) mass is 154 g/mol. The van der Waals surface area contributed by atoms with E-state index in [1.54, 1.807) is 6.92 Å². The minimum absolute atomic E-state index is 0.148. The van der Waals surface area contributed by atoms with Crippen LogP contribution in [0.3, 0.4) is 0 Å². The van der Waals surface area contributed by atoms with Crippen LogP contribution in [0.5, 0.6) is 5.88 Å². The third kappa shape index (κ3) is 1.81. The molecule has 1 heterocycles. The van der Waals surface area contributed by atoms with Crippen molar-refractivity contribution in [3.8, 4) is 5.88 Å². The van der Waals surface area contributed by atoms with Gasteiger partial charge in [-0.2, -0.15) is 0 Å². The topological polar surface area (TPSA) is 79.1 Å². The summed E-state index contributed by atoms with van der Waals surface area (Å²) in [5.74, 6) is -0.148. The SMILES string of the molecule is C[C@H](N)c1cc(O)[nH]c(=O)c1. The normalized spacial score (nSPS) is 12.9. The molecular weight excluding hydrogens is 144 g/mol. The van der Waals surface area contributed by atoms with Gasteiger partial charge in [-0.15, -0.1) is 0 Å². The molecule has 60 valence electrons. The molecule has 4 N–H and O–H groups in total. The Morgan fingerprint density at radius 1 is 1.64 bits per heavy atom. The molecule has 0 saturated heterocycles. The lowest BCUT2D eigenvalue weighted by molar-refractivity contribution is 0.450. The summed E-state index contributed by atoms with van der Waals surface area (Å²) in [5.41, 5.74) is 5.78. The molecule has 0 spiro atoms. The number of H-pyrrole nitrogens is 1. The zero-order valence-corrected chi connectivity index (χ0v) is 6.16. The molecule has 0 aliphatic heterocycles. The van der Waals surface area contributed by atoms with Crippen LogP contribution >= 0.6 is 0 Å². The van der Waals surface area contributed by atoms with Crippen molar-refractivity contribution in [2.75, 3.05) is 0 Å². The lowest BCUT2D eigenvalue weighted by atomic mass is 10.1. The quantitative estimate of drug-likeness (QED) is 0.536. The molecule has 11 heavy (non-hydrogen) atoms. The van der Waals surface area contributed by atoms with Crippen molar-refractivity contribution in [2.24, 2.45) is 5.73 Å². The lowest BCUT2D eigenvalue weighted by Crippen LogP contribution is -2.11. The van der Waals surface area contributed by atoms with E-state index < -0.39 is 0 Å². The van der Waals surface area contributed by atoms with Gasteiger partial charge in [0.2, 0.25) is 0 Å². The van der Waals surface area contributed by atoms with Crippen molar-refractivity contribution in [3.63, 3.8) is 0 Å². The molecule has 0 bridgehead atoms. The van der Waals surface area contributed by atoms with Crippen molar-refractivity contribution < 1.29 is 5.11 Å². The first kappa shape index (κ1) is 7.81. The summed E-state index contributed by atoms with van der Waals surface area (Å²) in [5, 5.41) is 8.93. The van der Waals surface area contributed by atoms with Crippen molar-refractivity contribution in [1.82, 2.24) is 4.98 Å². The standard InChI is InChI=1S/C7H10N2O2/c1-4(8)5-2-6(10)9-7(11)3-5/h2-4H,8H2,1H3,(H2,9,10,11)/t4-/m0/s1. The van der Waals surface area contributed by atoms with Gasteiger partial charge in [-0.1, -0.05) is 0 Å². The van der Waals surface area contributed by atoms with Crippen molar-refractivity contribution >= 4 is 0 Å². The average Bonchev–Trinajstić information content (AvgIpc) is 1.85. The number of pyridine rings is 1. The minimum atomic E-state index is -0.336. The highest BCUT2D eigenvalue weighted by atomic mass is 16.3. The van der Waals surface area contributed by atoms with Crippen LogP contribution in [0.25, 0.3) is 0 Å². The van der Waals surface area contributed by atoms with Gasteiger partial charge in [-0.25, -0.2) is 0 Å². The van der Waals surface area contributed by atoms with E-state index in [-0.39, 0.29) is 17.5 Å². The molecule has 1 atom stereocenters. The number of aromatic hydroxyl groups is 1. The summed E-state index contributed by atoms with van der Waals surface area (Å²) in [6.45, 7) is 1.74. The summed E-state index contributed by atoms with van der Waals surface area (Å²) in [6.07, 6.45) is 0. The molecule has 0 aliphatic carbocycles. The van der Waals surface area contributed by atoms with Crippen LogP contribution in [0.2, 0.25) is 0 Å². The van der Waals surface area contributed by atoms with Crippen LogP contribution in [0.15, 0.2) is 16.9 Å². The van der Waals surface area contributed by atoms with Crippen LogP contribution in [-0.4, -0.2) is 10.1 Å². The highest BCUT2D eigenvalue weighted by Crippen LogP contribution is 2.10. The first-order valence-corrected chi connectivity index (χ1v) is 3.28. The van der Waals surface area contributed by atoms with Gasteiger partial charge in [0.05, 0.1) is 0 Å². The van der Waals surface area contributed by atoms with Crippen molar-refractivity contribution in [1.29, 1.82) is 0 Å². The molecule has 0 aromatic carbocycles. The Kier molecular flexibility index (Phi) is 1.96. The Morgan fingerprint density at radius 3 is 2.73 bits per heavy atom. The molecule has 1 aromatic rings. The number of hydrogen-bond donors (Lipinski definition) is 3. The van der Waals surface area contributed by atoms with E-state index in [0.717, 1.165) is 0 Å². The predicted molar refractivity (Wildman–Crippen MR) is 41.3 cm³/mol. The molecular formula is C7H10N2O2. The summed E-state index contributed by atoms with van der Waals surface area (Å²) >= 11 is 0. The molecule has 0 fully saturated rings. The van der Waals surface area contributed by atoms with Crippen LogP contribution in [0.4, 0.5) is 0 Å². The number of aromatic nitrogens is 1. The van der Waals surface area contributed by atoms with Gasteiger partial charge < -0.3 is 10.8 Å². The van der Waals surface area contributed by atoms with Crippen LogP contribution < -0.4 is 11.3 Å². The third-order valence-electron chi connectivity index (χ3n) is 1.38. The number of nitrogens with two attached hydrogens (primary N) is 1. The van der Waals surface area contributed by atoms with Gasteiger partial charge in [-0.3, -0.25) is 9.78 Å². The van der Waals surface area contributed by atoms with Gasteiger partial charge in [0, 0.05) is 18.2 Å². The highest BCUT2D eigenvalue weighted by molar-refractivity contribution is 5.21. The zero-order valence-electron chi connectivity index (χ0n) is 6.16. The Labute approximate surface area is 63.7 Å². The van der Waals surface area contributed by atoms with Gasteiger partial charge in [-0.05, 0) is 12.5 Å². The van der Waals surface area contributed by atoms with Gasteiger partial charge in [0.25, 0.3) is 5.56 Å². The summed E-state index contributed by atoms with van der Waals surface area (Å²) in [7, 11) is 0. The maximum absolute atomic E-state index is 10.7. The Bertz CT molecular complexity index is 304. The molecule has 0 amide bonds. The molecule has 0 radical (unpaired) electrons. The fourth-order valence-electron chi connectivity index (χ4n) is 0.812. The Balaban J connectivity index is 3.19. The van der Waals surface area contributed by atoms with Crippen LogP contribution in [0, 0.1) is 0 Å². The summed E-state index contributed by atoms with van der Waals surface area (Å²) in [6, 6.07) is 2.57. The summed E-state index contributed by atoms with van der Waals surface area (Å²) < 4.78 is 0. The molecule has 0 unspecified atom stereocenters. The first-order valence-electron chi connectivity index (χ1n) is 3.28. The van der Waals surface area contributed by atoms with E-state index in [4.69, 9.17) is 10.8 Å². The molecule has 0 saturated carbocycles. The molecule has 4 nitrogen and oxygen atoms in total. The van der Waals surface area contributed by atoms with E-state index >= 15 is 0 Å². The van der Waals surface area contributed by atoms with E-state index in [2.05, 4.69) is 4.98 Å². The number of hydrogen-bond acceptors (Lipinski definition) is 3. The van der Waals surface area contributed by atoms with Gasteiger partial charge in [0.1, 0.15) is 0 Å². The van der Waals surface area contributed by atoms with Crippen molar-refractivity contribution in [3.05, 3.63) is 28.0 Å². The first-order chi connectivity index (χ1) is 5.09. The number of aromatic amines is 1. The van der Waals surface area contributed by atoms with Crippen molar-refractivity contribution in [2.45, 2.75) is 13.0 Å². The highest BCUT2D eigenvalue weighted by Gasteiger charge is 2.01. The Morgan fingerprint density at radius 2 is 2.27 bits per heavy atom. The van der Waals surface area contributed by atoms with Crippen LogP contribution in [0.1, 0.15) is 18.5 Å². The van der Waals surface area contributed by atoms with Gasteiger partial charge in [0.15, 0.2) is 5.88 Å². The third-order valence-corrected chi connectivity index (χ3v) is 1.38. The Hall–Kier alpha value is -1.29. The zero-order chi connectivity index (χ0) is 8.43. The maximum atomic E-state index is 10.7. The number of rotatable bonds is 1. The summed E-state index contributed by atoms with van der Waals surface area (Å²) in [4.78, 5) is 13.0. The minimum Gasteiger partial charge on any atom is -0.495 e. The van der Waals surface area contributed by atoms with E-state index in [1.165, 1.54) is 12.1 Å². The van der Waals surface area contributed by atoms with E-state index in [9.17, 15) is 4.79 Å². The molecule has 1 rings (SSSR count). The predicted octanol–water partition coefficient (Wildman–Crippen LogP) is 0.100. The smallest absolute Gasteiger partial charge is 0.250 e. The maximum Gasteiger partial charge on any atom is 0.250 e. The van der Waals surface area contributed by atoms with Crippen LogP contribution in [-0.2, 0) is 0 Å². The largest absolute Gasteiger partial charge is 0.495 e. The second-order valence-electron chi connectivity index (χ2n) is 2.45. The molecule has 4 heteroatoms. The number of nitrogens with one attached hydrogen (secondary N) is 1. The second-order valence-corrected chi connectivity index (χ2v) is 2.45. The second kappa shape index (κ2) is 2.75. The molecule has 1 aromatic heterocycles. The average molecular weight is 154 g/mol. The fraction of sp³-hybridized carbons (Fsp3) is 0.286. The van der Waals surface area contributed by atoms with E-state index in [1.807, 2.05) is 0 Å². The lowest BCUT2D eigenvalue weighted by Gasteiger charge is -2.03. The molecule has 0 aliphatic rings. The fourth-order valence-corrected chi connectivity index (χ4v) is 0.812.